The third-order valence-corrected chi connectivity index (χ3v) is 6.62. The number of pyridine rings is 1. The fourth-order valence-corrected chi connectivity index (χ4v) is 4.76. The molecule has 0 radical (unpaired) electrons. The van der Waals surface area contributed by atoms with E-state index in [4.69, 9.17) is 4.74 Å². The monoisotopic (exact) mass is 442 g/mol. The molecule has 2 heterocycles. The van der Waals surface area contributed by atoms with Gasteiger partial charge in [0.05, 0.1) is 23.6 Å². The predicted octanol–water partition coefficient (Wildman–Crippen LogP) is 5.39. The van der Waals surface area contributed by atoms with E-state index in [1.54, 1.807) is 30.5 Å². The Balaban J connectivity index is 1.74. The summed E-state index contributed by atoms with van der Waals surface area (Å²) < 4.78 is 7.06. The summed E-state index contributed by atoms with van der Waals surface area (Å²) in [6.07, 6.45) is 2.43. The van der Waals surface area contributed by atoms with E-state index >= 15 is 0 Å². The Labute approximate surface area is 190 Å². The van der Waals surface area contributed by atoms with Crippen LogP contribution >= 0.6 is 11.3 Å². The number of carbonyl (C=O) groups excluding carboxylic acids is 1. The van der Waals surface area contributed by atoms with E-state index in [1.165, 1.54) is 0 Å². The van der Waals surface area contributed by atoms with E-state index in [1.807, 2.05) is 60.0 Å². The summed E-state index contributed by atoms with van der Waals surface area (Å²) in [4.78, 5) is 27.2. The van der Waals surface area contributed by atoms with Crippen molar-refractivity contribution in [1.82, 2.24) is 4.57 Å². The van der Waals surface area contributed by atoms with Gasteiger partial charge < -0.3 is 9.30 Å². The van der Waals surface area contributed by atoms with Crippen LogP contribution in [0.3, 0.4) is 0 Å². The number of aryl methyl sites for hydroxylation is 1. The fourth-order valence-electron chi connectivity index (χ4n) is 3.69. The third-order valence-electron chi connectivity index (χ3n) is 5.31. The van der Waals surface area contributed by atoms with E-state index < -0.39 is 5.97 Å². The number of nitriles is 1. The standard InChI is InChI=1S/C26H22N2O3S/c1-3-20-13-22-24(29)23(26(30)31-4-2)16-28(25(22)32-20)15-17-9-11-18(12-10-17)21-8-6-5-7-19(21)14-27/h5-13,16H,3-4,15H2,1-2H3. The first-order valence-corrected chi connectivity index (χ1v) is 11.3. The summed E-state index contributed by atoms with van der Waals surface area (Å²) in [6.45, 7) is 4.49. The number of aromatic nitrogens is 1. The van der Waals surface area contributed by atoms with Crippen LogP contribution in [0.5, 0.6) is 0 Å². The molecule has 0 atom stereocenters. The topological polar surface area (TPSA) is 72.1 Å². The first-order chi connectivity index (χ1) is 15.5. The van der Waals surface area contributed by atoms with Crippen molar-refractivity contribution in [1.29, 1.82) is 5.26 Å². The average molecular weight is 443 g/mol. The molecule has 0 bridgehead atoms. The maximum absolute atomic E-state index is 12.9. The molecule has 0 fully saturated rings. The summed E-state index contributed by atoms with van der Waals surface area (Å²) >= 11 is 1.57. The van der Waals surface area contributed by atoms with E-state index in [2.05, 4.69) is 6.07 Å². The minimum atomic E-state index is -0.596. The zero-order chi connectivity index (χ0) is 22.7. The SMILES string of the molecule is CCOC(=O)c1cn(Cc2ccc(-c3ccccc3C#N)cc2)c2sc(CC)cc2c1=O. The highest BCUT2D eigenvalue weighted by atomic mass is 32.1. The van der Waals surface area contributed by atoms with Crippen molar-refractivity contribution in [3.05, 3.63) is 92.6 Å². The Kier molecular flexibility index (Phi) is 6.20. The lowest BCUT2D eigenvalue weighted by atomic mass is 9.99. The van der Waals surface area contributed by atoms with Crippen molar-refractivity contribution < 1.29 is 9.53 Å². The molecular weight excluding hydrogens is 420 g/mol. The Hall–Kier alpha value is -3.69. The molecule has 0 aliphatic rings. The summed E-state index contributed by atoms with van der Waals surface area (Å²) in [6, 6.07) is 19.6. The second kappa shape index (κ2) is 9.21. The molecular formula is C26H22N2O3S. The lowest BCUT2D eigenvalue weighted by molar-refractivity contribution is 0.0524. The smallest absolute Gasteiger partial charge is 0.343 e. The number of carbonyl (C=O) groups is 1. The molecule has 0 N–H and O–H groups in total. The molecule has 2 aromatic carbocycles. The van der Waals surface area contributed by atoms with Crippen LogP contribution in [0.4, 0.5) is 0 Å². The molecule has 5 nitrogen and oxygen atoms in total. The van der Waals surface area contributed by atoms with Gasteiger partial charge in [0, 0.05) is 17.6 Å². The van der Waals surface area contributed by atoms with Gasteiger partial charge in [-0.2, -0.15) is 5.26 Å². The van der Waals surface area contributed by atoms with Gasteiger partial charge in [-0.05, 0) is 42.2 Å². The highest BCUT2D eigenvalue weighted by Crippen LogP contribution is 2.27. The number of benzene rings is 2. The van der Waals surface area contributed by atoms with Gasteiger partial charge in [0.1, 0.15) is 10.4 Å². The van der Waals surface area contributed by atoms with Gasteiger partial charge in [0.25, 0.3) is 0 Å². The van der Waals surface area contributed by atoms with Crippen molar-refractivity contribution in [3.8, 4) is 17.2 Å². The summed E-state index contributed by atoms with van der Waals surface area (Å²) in [5.74, 6) is -0.596. The van der Waals surface area contributed by atoms with Crippen LogP contribution in [0.15, 0.2) is 65.6 Å². The number of hydrogen-bond donors (Lipinski definition) is 0. The quantitative estimate of drug-likeness (QED) is 0.375. The summed E-state index contributed by atoms with van der Waals surface area (Å²) in [7, 11) is 0. The molecule has 32 heavy (non-hydrogen) atoms. The number of fused-ring (bicyclic) bond motifs is 1. The highest BCUT2D eigenvalue weighted by Gasteiger charge is 2.18. The van der Waals surface area contributed by atoms with Crippen molar-refractivity contribution in [2.45, 2.75) is 26.8 Å². The third kappa shape index (κ3) is 4.08. The molecule has 0 aliphatic carbocycles. The predicted molar refractivity (Wildman–Crippen MR) is 127 cm³/mol. The van der Waals surface area contributed by atoms with Crippen LogP contribution in [0.25, 0.3) is 21.3 Å². The zero-order valence-electron chi connectivity index (χ0n) is 17.9. The molecule has 0 saturated carbocycles. The Morgan fingerprint density at radius 2 is 1.88 bits per heavy atom. The molecule has 4 aromatic rings. The van der Waals surface area contributed by atoms with Crippen LogP contribution in [0.1, 0.15) is 40.2 Å². The van der Waals surface area contributed by atoms with E-state index in [-0.39, 0.29) is 17.6 Å². The maximum Gasteiger partial charge on any atom is 0.343 e. The lowest BCUT2D eigenvalue weighted by Gasteiger charge is -2.12. The minimum absolute atomic E-state index is 0.0550. The lowest BCUT2D eigenvalue weighted by Crippen LogP contribution is -2.20. The summed E-state index contributed by atoms with van der Waals surface area (Å²) in [5, 5.41) is 9.92. The molecule has 0 unspecified atom stereocenters. The van der Waals surface area contributed by atoms with Crippen molar-refractivity contribution in [3.63, 3.8) is 0 Å². The number of hydrogen-bond acceptors (Lipinski definition) is 5. The van der Waals surface area contributed by atoms with Gasteiger partial charge in [-0.25, -0.2) is 4.79 Å². The molecule has 0 aliphatic heterocycles. The number of esters is 1. The first kappa shape index (κ1) is 21.5. The Bertz CT molecular complexity index is 1390. The van der Waals surface area contributed by atoms with Gasteiger partial charge in [-0.15, -0.1) is 11.3 Å². The first-order valence-electron chi connectivity index (χ1n) is 10.5. The Morgan fingerprint density at radius 1 is 1.12 bits per heavy atom. The van der Waals surface area contributed by atoms with Crippen molar-refractivity contribution >= 4 is 27.5 Å². The molecule has 2 aromatic heterocycles. The van der Waals surface area contributed by atoms with E-state index in [9.17, 15) is 14.9 Å². The second-order valence-corrected chi connectivity index (χ2v) is 8.47. The van der Waals surface area contributed by atoms with Crippen LogP contribution in [0.2, 0.25) is 0 Å². The van der Waals surface area contributed by atoms with Crippen LogP contribution < -0.4 is 5.43 Å². The van der Waals surface area contributed by atoms with Crippen molar-refractivity contribution in [2.24, 2.45) is 0 Å². The normalized spacial score (nSPS) is 10.8. The molecule has 160 valence electrons. The molecule has 0 amide bonds. The van der Waals surface area contributed by atoms with E-state index in [0.717, 1.165) is 32.8 Å². The number of thiophene rings is 1. The maximum atomic E-state index is 12.9. The highest BCUT2D eigenvalue weighted by molar-refractivity contribution is 7.18. The number of ether oxygens (including phenoxy) is 1. The Morgan fingerprint density at radius 3 is 2.56 bits per heavy atom. The summed E-state index contributed by atoms with van der Waals surface area (Å²) in [5.41, 5.74) is 3.28. The number of rotatable bonds is 6. The van der Waals surface area contributed by atoms with Crippen molar-refractivity contribution in [2.75, 3.05) is 6.61 Å². The van der Waals surface area contributed by atoms with Gasteiger partial charge in [-0.3, -0.25) is 4.79 Å². The minimum Gasteiger partial charge on any atom is -0.462 e. The van der Waals surface area contributed by atoms with Gasteiger partial charge in [0.2, 0.25) is 5.43 Å². The fraction of sp³-hybridized carbons (Fsp3) is 0.192. The van der Waals surface area contributed by atoms with Crippen LogP contribution in [-0.4, -0.2) is 17.1 Å². The molecule has 0 saturated heterocycles. The van der Waals surface area contributed by atoms with Gasteiger partial charge in [0.15, 0.2) is 0 Å². The van der Waals surface area contributed by atoms with Gasteiger partial charge >= 0.3 is 5.97 Å². The van der Waals surface area contributed by atoms with Crippen LogP contribution in [-0.2, 0) is 17.7 Å². The molecule has 6 heteroatoms. The van der Waals surface area contributed by atoms with Crippen LogP contribution in [0, 0.1) is 11.3 Å². The van der Waals surface area contributed by atoms with Gasteiger partial charge in [-0.1, -0.05) is 49.4 Å². The number of nitrogens with zero attached hydrogens (tertiary/aromatic N) is 2. The van der Waals surface area contributed by atoms with E-state index in [0.29, 0.717) is 17.5 Å². The molecule has 4 rings (SSSR count). The zero-order valence-corrected chi connectivity index (χ0v) is 18.7. The second-order valence-electron chi connectivity index (χ2n) is 7.36. The molecule has 0 spiro atoms. The largest absolute Gasteiger partial charge is 0.462 e. The average Bonchev–Trinajstić information content (AvgIpc) is 3.27.